The van der Waals surface area contributed by atoms with Crippen LogP contribution >= 0.6 is 0 Å². The van der Waals surface area contributed by atoms with Gasteiger partial charge in [-0.25, -0.2) is 4.39 Å². The number of ether oxygens (including phenoxy) is 3. The van der Waals surface area contributed by atoms with E-state index in [9.17, 15) is 9.18 Å². The Morgan fingerprint density at radius 3 is 2.47 bits per heavy atom. The van der Waals surface area contributed by atoms with Crippen LogP contribution in [0.3, 0.4) is 0 Å². The van der Waals surface area contributed by atoms with Crippen LogP contribution in [-0.2, 0) is 11.3 Å². The number of amides is 1. The fourth-order valence-corrected chi connectivity index (χ4v) is 3.99. The van der Waals surface area contributed by atoms with Gasteiger partial charge in [0.2, 0.25) is 5.91 Å². The van der Waals surface area contributed by atoms with E-state index in [-0.39, 0.29) is 11.7 Å². The van der Waals surface area contributed by atoms with Crippen LogP contribution in [-0.4, -0.2) is 26.7 Å². The van der Waals surface area contributed by atoms with E-state index >= 15 is 0 Å². The van der Waals surface area contributed by atoms with Gasteiger partial charge in [0.25, 0.3) is 0 Å². The van der Waals surface area contributed by atoms with Gasteiger partial charge < -0.3 is 23.9 Å². The zero-order chi connectivity index (χ0) is 25.7. The van der Waals surface area contributed by atoms with Gasteiger partial charge in [0.05, 0.1) is 27.1 Å². The molecule has 7 heteroatoms. The third-order valence-corrected chi connectivity index (χ3v) is 5.82. The van der Waals surface area contributed by atoms with Crippen molar-refractivity contribution in [3.63, 3.8) is 0 Å². The normalized spacial score (nSPS) is 11.4. The van der Waals surface area contributed by atoms with E-state index in [1.165, 1.54) is 18.2 Å². The second-order valence-electron chi connectivity index (χ2n) is 8.16. The minimum absolute atomic E-state index is 0.263. The number of rotatable bonds is 9. The SMILES string of the molecule is CCOc1cc2occ(-c3cc(OC)ccc3OC)c2cc1/C(C)=C/C(=O)NCc1ccc(F)cc1. The summed E-state index contributed by atoms with van der Waals surface area (Å²) in [6.07, 6.45) is 3.20. The second kappa shape index (κ2) is 11.0. The number of fused-ring (bicyclic) bond motifs is 1. The molecule has 0 aliphatic carbocycles. The Labute approximate surface area is 209 Å². The van der Waals surface area contributed by atoms with Crippen molar-refractivity contribution < 1.29 is 27.8 Å². The van der Waals surface area contributed by atoms with Crippen LogP contribution in [0.2, 0.25) is 0 Å². The fraction of sp³-hybridized carbons (Fsp3) is 0.207. The molecule has 0 aliphatic heterocycles. The van der Waals surface area contributed by atoms with E-state index in [0.29, 0.717) is 36.0 Å². The Morgan fingerprint density at radius 1 is 1.00 bits per heavy atom. The predicted octanol–water partition coefficient (Wildman–Crippen LogP) is 6.37. The van der Waals surface area contributed by atoms with Gasteiger partial charge in [-0.15, -0.1) is 0 Å². The number of benzene rings is 3. The van der Waals surface area contributed by atoms with E-state index in [2.05, 4.69) is 5.32 Å². The van der Waals surface area contributed by atoms with Gasteiger partial charge in [-0.05, 0) is 61.4 Å². The predicted molar refractivity (Wildman–Crippen MR) is 138 cm³/mol. The summed E-state index contributed by atoms with van der Waals surface area (Å²) in [5.74, 6) is 1.41. The molecule has 0 unspecified atom stereocenters. The average Bonchev–Trinajstić information content (AvgIpc) is 3.30. The van der Waals surface area contributed by atoms with Crippen molar-refractivity contribution in [2.45, 2.75) is 20.4 Å². The first-order valence-electron chi connectivity index (χ1n) is 11.5. The van der Waals surface area contributed by atoms with Gasteiger partial charge in [-0.1, -0.05) is 12.1 Å². The highest BCUT2D eigenvalue weighted by Crippen LogP contribution is 2.41. The van der Waals surface area contributed by atoms with Crippen LogP contribution < -0.4 is 19.5 Å². The Hall–Kier alpha value is -4.26. The largest absolute Gasteiger partial charge is 0.497 e. The Morgan fingerprint density at radius 2 is 1.78 bits per heavy atom. The first-order chi connectivity index (χ1) is 17.4. The molecular formula is C29H28FNO5. The molecule has 0 spiro atoms. The van der Waals surface area contributed by atoms with E-state index in [1.807, 2.05) is 44.2 Å². The summed E-state index contributed by atoms with van der Waals surface area (Å²) in [4.78, 5) is 12.6. The van der Waals surface area contributed by atoms with Gasteiger partial charge >= 0.3 is 0 Å². The van der Waals surface area contributed by atoms with Gasteiger partial charge in [0.15, 0.2) is 0 Å². The summed E-state index contributed by atoms with van der Waals surface area (Å²) in [5.41, 5.74) is 4.61. The van der Waals surface area contributed by atoms with Crippen molar-refractivity contribution in [3.05, 3.63) is 83.9 Å². The maximum absolute atomic E-state index is 13.1. The highest BCUT2D eigenvalue weighted by atomic mass is 19.1. The van der Waals surface area contributed by atoms with Gasteiger partial charge in [-0.3, -0.25) is 4.79 Å². The van der Waals surface area contributed by atoms with Crippen molar-refractivity contribution in [1.82, 2.24) is 5.32 Å². The van der Waals surface area contributed by atoms with E-state index < -0.39 is 0 Å². The van der Waals surface area contributed by atoms with Crippen molar-refractivity contribution in [3.8, 4) is 28.4 Å². The van der Waals surface area contributed by atoms with Gasteiger partial charge in [-0.2, -0.15) is 0 Å². The van der Waals surface area contributed by atoms with Gasteiger partial charge in [0.1, 0.15) is 28.6 Å². The molecule has 6 nitrogen and oxygen atoms in total. The van der Waals surface area contributed by atoms with Crippen LogP contribution in [0.4, 0.5) is 4.39 Å². The van der Waals surface area contributed by atoms with E-state index in [4.69, 9.17) is 18.6 Å². The number of furan rings is 1. The molecule has 36 heavy (non-hydrogen) atoms. The maximum Gasteiger partial charge on any atom is 0.244 e. The number of nitrogens with one attached hydrogen (secondary N) is 1. The summed E-state index contributed by atoms with van der Waals surface area (Å²) in [6.45, 7) is 4.51. The zero-order valence-corrected chi connectivity index (χ0v) is 20.7. The lowest BCUT2D eigenvalue weighted by Crippen LogP contribution is -2.20. The third kappa shape index (κ3) is 5.35. The molecule has 0 radical (unpaired) electrons. The smallest absolute Gasteiger partial charge is 0.244 e. The van der Waals surface area contributed by atoms with Crippen molar-refractivity contribution in [2.75, 3.05) is 20.8 Å². The molecule has 0 saturated carbocycles. The molecule has 1 amide bonds. The molecule has 4 aromatic rings. The summed E-state index contributed by atoms with van der Waals surface area (Å²) in [6, 6.07) is 15.4. The Balaban J connectivity index is 1.70. The molecule has 1 heterocycles. The highest BCUT2D eigenvalue weighted by molar-refractivity contribution is 6.01. The first kappa shape index (κ1) is 24.9. The van der Waals surface area contributed by atoms with Crippen LogP contribution in [0.5, 0.6) is 17.2 Å². The molecule has 0 fully saturated rings. The molecule has 186 valence electrons. The number of halogens is 1. The summed E-state index contributed by atoms with van der Waals surface area (Å²) < 4.78 is 35.8. The molecule has 0 atom stereocenters. The lowest BCUT2D eigenvalue weighted by molar-refractivity contribution is -0.116. The summed E-state index contributed by atoms with van der Waals surface area (Å²) in [5, 5.41) is 3.69. The molecule has 3 aromatic carbocycles. The molecule has 0 saturated heterocycles. The fourth-order valence-electron chi connectivity index (χ4n) is 3.99. The minimum atomic E-state index is -0.315. The van der Waals surface area contributed by atoms with Gasteiger partial charge in [0, 0.05) is 40.8 Å². The van der Waals surface area contributed by atoms with Crippen molar-refractivity contribution >= 4 is 22.4 Å². The van der Waals surface area contributed by atoms with E-state index in [1.54, 1.807) is 32.6 Å². The topological polar surface area (TPSA) is 69.9 Å². The number of hydrogen-bond acceptors (Lipinski definition) is 5. The number of methoxy groups -OCH3 is 2. The van der Waals surface area contributed by atoms with Crippen LogP contribution in [0.15, 0.2) is 71.4 Å². The van der Waals surface area contributed by atoms with Crippen molar-refractivity contribution in [2.24, 2.45) is 0 Å². The number of allylic oxidation sites excluding steroid dienone is 1. The average molecular weight is 490 g/mol. The molecule has 4 rings (SSSR count). The minimum Gasteiger partial charge on any atom is -0.497 e. The number of hydrogen-bond donors (Lipinski definition) is 1. The van der Waals surface area contributed by atoms with Crippen LogP contribution in [0.25, 0.3) is 27.7 Å². The van der Waals surface area contributed by atoms with Crippen molar-refractivity contribution in [1.29, 1.82) is 0 Å². The van der Waals surface area contributed by atoms with Crippen LogP contribution in [0, 0.1) is 5.82 Å². The number of carbonyl (C=O) groups is 1. The maximum atomic E-state index is 13.1. The zero-order valence-electron chi connectivity index (χ0n) is 20.7. The Bertz CT molecular complexity index is 1410. The Kier molecular flexibility index (Phi) is 7.59. The number of carbonyl (C=O) groups excluding carboxylic acids is 1. The summed E-state index contributed by atoms with van der Waals surface area (Å²) in [7, 11) is 3.23. The molecule has 0 aliphatic rings. The third-order valence-electron chi connectivity index (χ3n) is 5.82. The summed E-state index contributed by atoms with van der Waals surface area (Å²) >= 11 is 0. The standard InChI is InChI=1S/C29H28FNO5/c1-5-35-27-15-28-24(25(17-36-28)23-13-21(33-3)10-11-26(23)34-4)14-22(27)18(2)12-29(32)31-16-19-6-8-20(30)9-7-19/h6-15,17H,5,16H2,1-4H3,(H,31,32)/b18-12+. The quantitative estimate of drug-likeness (QED) is 0.277. The molecule has 1 N–H and O–H groups in total. The lowest BCUT2D eigenvalue weighted by Gasteiger charge is -2.13. The lowest BCUT2D eigenvalue weighted by atomic mass is 9.98. The monoisotopic (exact) mass is 489 g/mol. The highest BCUT2D eigenvalue weighted by Gasteiger charge is 2.18. The van der Waals surface area contributed by atoms with Crippen LogP contribution in [0.1, 0.15) is 25.0 Å². The molecular weight excluding hydrogens is 461 g/mol. The van der Waals surface area contributed by atoms with E-state index in [0.717, 1.165) is 33.2 Å². The first-order valence-corrected chi connectivity index (χ1v) is 11.5. The second-order valence-corrected chi connectivity index (χ2v) is 8.16. The molecule has 0 bridgehead atoms. The molecule has 1 aromatic heterocycles.